The SMILES string of the molecule is Cc1cc(C)n(C2CCCC[C@@H]2OC(=O)N[C@@H](CCOC2CC(CCc3ccc4c(n3)NCCC4)C2)C(=O)O)n1. The highest BCUT2D eigenvalue weighted by Crippen LogP contribution is 2.34. The molecule has 2 aromatic rings. The van der Waals surface area contributed by atoms with Gasteiger partial charge in [-0.25, -0.2) is 14.6 Å². The molecule has 1 amide bonds. The number of aliphatic carboxylic acids is 1. The van der Waals surface area contributed by atoms with Gasteiger partial charge in [-0.3, -0.25) is 4.68 Å². The zero-order chi connectivity index (χ0) is 28.1. The third-order valence-electron chi connectivity index (χ3n) is 8.59. The molecular formula is C30H43N5O5. The van der Waals surface area contributed by atoms with E-state index in [1.54, 1.807) is 0 Å². The van der Waals surface area contributed by atoms with E-state index in [4.69, 9.17) is 14.5 Å². The van der Waals surface area contributed by atoms with E-state index in [2.05, 4.69) is 27.9 Å². The van der Waals surface area contributed by atoms with E-state index in [1.165, 1.54) is 5.56 Å². The zero-order valence-corrected chi connectivity index (χ0v) is 23.7. The number of fused-ring (bicyclic) bond motifs is 1. The molecule has 3 aliphatic rings. The van der Waals surface area contributed by atoms with Gasteiger partial charge in [0, 0.05) is 31.0 Å². The highest BCUT2D eigenvalue weighted by molar-refractivity contribution is 5.79. The van der Waals surface area contributed by atoms with Gasteiger partial charge in [0.25, 0.3) is 0 Å². The third kappa shape index (κ3) is 7.13. The number of nitrogens with zero attached hydrogens (tertiary/aromatic N) is 3. The first-order valence-electron chi connectivity index (χ1n) is 14.9. The van der Waals surface area contributed by atoms with E-state index in [0.29, 0.717) is 5.92 Å². The fraction of sp³-hybridized carbons (Fsp3) is 0.667. The summed E-state index contributed by atoms with van der Waals surface area (Å²) in [5.41, 5.74) is 4.41. The van der Waals surface area contributed by atoms with E-state index in [-0.39, 0.29) is 31.3 Å². The molecule has 0 spiro atoms. The lowest BCUT2D eigenvalue weighted by Crippen LogP contribution is -2.45. The van der Waals surface area contributed by atoms with Crippen molar-refractivity contribution in [3.8, 4) is 0 Å². The molecule has 218 valence electrons. The number of carbonyl (C=O) groups is 2. The maximum Gasteiger partial charge on any atom is 0.408 e. The van der Waals surface area contributed by atoms with Gasteiger partial charge in [0.15, 0.2) is 0 Å². The van der Waals surface area contributed by atoms with Crippen LogP contribution in [0.25, 0.3) is 0 Å². The Kier molecular flexibility index (Phi) is 9.24. The summed E-state index contributed by atoms with van der Waals surface area (Å²) in [6, 6.07) is 5.28. The second-order valence-corrected chi connectivity index (χ2v) is 11.7. The van der Waals surface area contributed by atoms with Gasteiger partial charge in [-0.2, -0.15) is 5.10 Å². The number of carboxylic acid groups (broad SMARTS) is 1. The molecule has 3 N–H and O–H groups in total. The molecule has 1 unspecified atom stereocenters. The monoisotopic (exact) mass is 553 g/mol. The number of carboxylic acids is 1. The van der Waals surface area contributed by atoms with Crippen LogP contribution in [0.3, 0.4) is 0 Å². The van der Waals surface area contributed by atoms with E-state index in [0.717, 1.165) is 93.7 Å². The predicted molar refractivity (Wildman–Crippen MR) is 150 cm³/mol. The molecule has 0 bridgehead atoms. The van der Waals surface area contributed by atoms with Crippen molar-refractivity contribution in [1.82, 2.24) is 20.1 Å². The number of aromatic nitrogens is 3. The van der Waals surface area contributed by atoms with Crippen LogP contribution < -0.4 is 10.6 Å². The second-order valence-electron chi connectivity index (χ2n) is 11.7. The summed E-state index contributed by atoms with van der Waals surface area (Å²) in [5.74, 6) is 0.563. The Morgan fingerprint density at radius 1 is 1.20 bits per heavy atom. The molecule has 1 aliphatic heterocycles. The van der Waals surface area contributed by atoms with Gasteiger partial charge < -0.3 is 25.2 Å². The Balaban J connectivity index is 1.01. The standard InChI is InChI=1S/C30H43N5O5/c1-19-16-20(2)35(34-19)26-7-3-4-8-27(26)40-30(38)33-25(29(36)37)13-15-39-24-17-21(18-24)9-11-23-12-10-22-6-5-14-31-28(22)32-23/h10,12,16,21,24-27H,3-9,11,13-15,17-18H2,1-2H3,(H,31,32)(H,33,38)(H,36,37)/t21?,24?,25-,26?,27-/m0/s1. The second kappa shape index (κ2) is 13.0. The lowest BCUT2D eigenvalue weighted by molar-refractivity contribution is -0.140. The minimum absolute atomic E-state index is 0.0360. The van der Waals surface area contributed by atoms with Crippen LogP contribution in [-0.4, -0.2) is 63.3 Å². The summed E-state index contributed by atoms with van der Waals surface area (Å²) >= 11 is 0. The molecule has 0 aromatic carbocycles. The summed E-state index contributed by atoms with van der Waals surface area (Å²) in [4.78, 5) is 29.3. The first kappa shape index (κ1) is 28.4. The number of pyridine rings is 1. The Labute approximate surface area is 236 Å². The number of amides is 1. The molecule has 3 atom stereocenters. The number of hydrogen-bond acceptors (Lipinski definition) is 7. The summed E-state index contributed by atoms with van der Waals surface area (Å²) in [7, 11) is 0. The normalized spacial score (nSPS) is 24.8. The van der Waals surface area contributed by atoms with Gasteiger partial charge in [-0.1, -0.05) is 12.5 Å². The number of hydrogen-bond donors (Lipinski definition) is 3. The lowest BCUT2D eigenvalue weighted by atomic mass is 9.79. The molecule has 0 saturated heterocycles. The van der Waals surface area contributed by atoms with Gasteiger partial charge in [-0.15, -0.1) is 0 Å². The maximum atomic E-state index is 12.7. The van der Waals surface area contributed by atoms with Gasteiger partial charge in [0.05, 0.1) is 17.8 Å². The average Bonchev–Trinajstić information content (AvgIpc) is 3.26. The highest BCUT2D eigenvalue weighted by atomic mass is 16.6. The molecular weight excluding hydrogens is 510 g/mol. The van der Waals surface area contributed by atoms with Gasteiger partial charge in [0.1, 0.15) is 18.0 Å². The molecule has 10 nitrogen and oxygen atoms in total. The molecule has 2 saturated carbocycles. The van der Waals surface area contributed by atoms with Crippen molar-refractivity contribution in [3.63, 3.8) is 0 Å². The molecule has 3 heterocycles. The smallest absolute Gasteiger partial charge is 0.408 e. The van der Waals surface area contributed by atoms with E-state index in [1.807, 2.05) is 24.6 Å². The fourth-order valence-corrected chi connectivity index (χ4v) is 6.31. The molecule has 0 radical (unpaired) electrons. The Hall–Kier alpha value is -3.14. The summed E-state index contributed by atoms with van der Waals surface area (Å²) < 4.78 is 13.6. The number of rotatable bonds is 11. The third-order valence-corrected chi connectivity index (χ3v) is 8.59. The first-order chi connectivity index (χ1) is 19.4. The number of nitrogens with one attached hydrogen (secondary N) is 2. The number of carbonyl (C=O) groups excluding carboxylic acids is 1. The Morgan fingerprint density at radius 3 is 2.80 bits per heavy atom. The molecule has 40 heavy (non-hydrogen) atoms. The Morgan fingerprint density at radius 2 is 2.02 bits per heavy atom. The van der Waals surface area contributed by atoms with Crippen molar-refractivity contribution in [2.45, 2.75) is 109 Å². The van der Waals surface area contributed by atoms with Crippen LogP contribution in [0, 0.1) is 19.8 Å². The largest absolute Gasteiger partial charge is 0.480 e. The zero-order valence-electron chi connectivity index (χ0n) is 23.7. The van der Waals surface area contributed by atoms with Crippen molar-refractivity contribution in [2.75, 3.05) is 18.5 Å². The first-order valence-corrected chi connectivity index (χ1v) is 14.9. The van der Waals surface area contributed by atoms with Crippen molar-refractivity contribution < 1.29 is 24.2 Å². The van der Waals surface area contributed by atoms with E-state index < -0.39 is 18.1 Å². The van der Waals surface area contributed by atoms with Crippen LogP contribution in [0.15, 0.2) is 18.2 Å². The van der Waals surface area contributed by atoms with Crippen molar-refractivity contribution in [1.29, 1.82) is 0 Å². The van der Waals surface area contributed by atoms with Crippen molar-refractivity contribution >= 4 is 17.9 Å². The number of alkyl carbamates (subject to hydrolysis) is 1. The quantitative estimate of drug-likeness (QED) is 0.364. The number of aryl methyl sites for hydroxylation is 4. The molecule has 5 rings (SSSR count). The lowest BCUT2D eigenvalue weighted by Gasteiger charge is -2.35. The molecule has 2 fully saturated rings. The van der Waals surface area contributed by atoms with Crippen LogP contribution >= 0.6 is 0 Å². The Bertz CT molecular complexity index is 1180. The van der Waals surface area contributed by atoms with Crippen LogP contribution in [0.1, 0.15) is 86.5 Å². The minimum atomic E-state index is -1.09. The predicted octanol–water partition coefficient (Wildman–Crippen LogP) is 4.73. The average molecular weight is 554 g/mol. The fourth-order valence-electron chi connectivity index (χ4n) is 6.31. The van der Waals surface area contributed by atoms with Gasteiger partial charge in [-0.05, 0) is 95.2 Å². The molecule has 10 heteroatoms. The molecule has 2 aromatic heterocycles. The van der Waals surface area contributed by atoms with Crippen molar-refractivity contribution in [3.05, 3.63) is 40.8 Å². The van der Waals surface area contributed by atoms with Crippen LogP contribution in [-0.2, 0) is 27.1 Å². The van der Waals surface area contributed by atoms with Crippen molar-refractivity contribution in [2.24, 2.45) is 5.92 Å². The topological polar surface area (TPSA) is 128 Å². The highest BCUT2D eigenvalue weighted by Gasteiger charge is 2.33. The van der Waals surface area contributed by atoms with Crippen LogP contribution in [0.4, 0.5) is 10.6 Å². The number of anilines is 1. The van der Waals surface area contributed by atoms with Crippen LogP contribution in [0.2, 0.25) is 0 Å². The molecule has 2 aliphatic carbocycles. The maximum absolute atomic E-state index is 12.7. The summed E-state index contributed by atoms with van der Waals surface area (Å²) in [5, 5.41) is 20.2. The van der Waals surface area contributed by atoms with Gasteiger partial charge >= 0.3 is 12.1 Å². The van der Waals surface area contributed by atoms with Gasteiger partial charge in [0.2, 0.25) is 0 Å². The summed E-state index contributed by atoms with van der Waals surface area (Å²) in [6.07, 6.45) is 9.20. The minimum Gasteiger partial charge on any atom is -0.480 e. The van der Waals surface area contributed by atoms with E-state index >= 15 is 0 Å². The number of ether oxygens (including phenoxy) is 2. The van der Waals surface area contributed by atoms with Crippen LogP contribution in [0.5, 0.6) is 0 Å². The summed E-state index contributed by atoms with van der Waals surface area (Å²) in [6.45, 7) is 5.23. The van der Waals surface area contributed by atoms with E-state index in [9.17, 15) is 14.7 Å².